The molecule has 4 rings (SSSR count). The zero-order chi connectivity index (χ0) is 35.6. The second kappa shape index (κ2) is 13.7. The SMILES string of the molecule is Cc1cn(C)c(=O)n(-c2ccc(C[C@H](NC(=O)c3ccc(NS(=O)(=O)c4ccc(C(=O)CC(C)(C)C)nc4)cc3F)C(=O)O)cc2)c1=O. The molecule has 48 heavy (non-hydrogen) atoms. The molecule has 4 aromatic rings. The maximum Gasteiger partial charge on any atom is 0.335 e. The van der Waals surface area contributed by atoms with E-state index in [-0.39, 0.29) is 46.0 Å². The van der Waals surface area contributed by atoms with Crippen LogP contribution < -0.4 is 21.3 Å². The topological polar surface area (TPSA) is 187 Å². The maximum atomic E-state index is 15.0. The van der Waals surface area contributed by atoms with Crippen LogP contribution in [0.5, 0.6) is 0 Å². The van der Waals surface area contributed by atoms with Crippen LogP contribution in [0.1, 0.15) is 59.2 Å². The number of rotatable bonds is 11. The zero-order valence-electron chi connectivity index (χ0n) is 26.8. The van der Waals surface area contributed by atoms with Crippen molar-refractivity contribution < 1.29 is 32.3 Å². The van der Waals surface area contributed by atoms with Gasteiger partial charge in [0.25, 0.3) is 21.5 Å². The van der Waals surface area contributed by atoms with Gasteiger partial charge in [-0.2, -0.15) is 0 Å². The molecule has 2 aromatic heterocycles. The molecule has 0 bridgehead atoms. The Balaban J connectivity index is 1.45. The molecular weight excluding hydrogens is 645 g/mol. The van der Waals surface area contributed by atoms with Crippen molar-refractivity contribution in [1.29, 1.82) is 0 Å². The first-order chi connectivity index (χ1) is 22.4. The summed E-state index contributed by atoms with van der Waals surface area (Å²) < 4.78 is 45.2. The highest BCUT2D eigenvalue weighted by molar-refractivity contribution is 7.92. The molecule has 15 heteroatoms. The van der Waals surface area contributed by atoms with Gasteiger partial charge in [-0.15, -0.1) is 0 Å². The summed E-state index contributed by atoms with van der Waals surface area (Å²) in [4.78, 5) is 66.0. The Kier molecular flexibility index (Phi) is 10.1. The minimum atomic E-state index is -4.24. The highest BCUT2D eigenvalue weighted by Gasteiger charge is 2.24. The first kappa shape index (κ1) is 35.4. The number of ketones is 1. The molecule has 1 amide bonds. The summed E-state index contributed by atoms with van der Waals surface area (Å²) in [6.07, 6.45) is 2.43. The fraction of sp³-hybridized carbons (Fsp3) is 0.273. The fourth-order valence-corrected chi connectivity index (χ4v) is 5.75. The number of nitrogens with zero attached hydrogens (tertiary/aromatic N) is 3. The van der Waals surface area contributed by atoms with Gasteiger partial charge in [-0.3, -0.25) is 24.1 Å². The van der Waals surface area contributed by atoms with E-state index in [0.717, 1.165) is 29.0 Å². The first-order valence-electron chi connectivity index (χ1n) is 14.6. The highest BCUT2D eigenvalue weighted by atomic mass is 32.2. The summed E-state index contributed by atoms with van der Waals surface area (Å²) in [5.74, 6) is -3.82. The summed E-state index contributed by atoms with van der Waals surface area (Å²) in [7, 11) is -2.74. The average molecular weight is 680 g/mol. The van der Waals surface area contributed by atoms with Crippen LogP contribution >= 0.6 is 0 Å². The molecule has 0 saturated heterocycles. The van der Waals surface area contributed by atoms with Crippen LogP contribution in [-0.2, 0) is 28.3 Å². The Labute approximate surface area is 275 Å². The number of Topliss-reactive ketones (excluding diaryl/α,β-unsaturated/α-hetero) is 1. The minimum Gasteiger partial charge on any atom is -0.480 e. The van der Waals surface area contributed by atoms with E-state index in [2.05, 4.69) is 15.0 Å². The Bertz CT molecular complexity index is 2080. The maximum absolute atomic E-state index is 15.0. The molecule has 0 aliphatic carbocycles. The number of carbonyl (C=O) groups is 3. The standard InChI is InChI=1S/C33H34FN5O8S/c1-19-18-38(5)32(45)39(30(19)42)22-9-6-20(7-10-22)14-27(31(43)44)36-29(41)24-12-8-21(15-25(24)34)37-48(46,47)23-11-13-26(35-17-23)28(40)16-33(2,3)4/h6-13,15,17-18,27,37H,14,16H2,1-5H3,(H,36,41)(H,43,44)/t27-/m0/s1. The van der Waals surface area contributed by atoms with Gasteiger partial charge in [-0.1, -0.05) is 32.9 Å². The number of sulfonamides is 1. The lowest BCUT2D eigenvalue weighted by molar-refractivity contribution is -0.139. The van der Waals surface area contributed by atoms with Gasteiger partial charge in [0.1, 0.15) is 22.4 Å². The van der Waals surface area contributed by atoms with Crippen molar-refractivity contribution in [1.82, 2.24) is 19.4 Å². The van der Waals surface area contributed by atoms with Crippen LogP contribution in [0.4, 0.5) is 10.1 Å². The molecule has 0 saturated carbocycles. The lowest BCUT2D eigenvalue weighted by Gasteiger charge is -2.16. The Hall–Kier alpha value is -5.44. The second-order valence-corrected chi connectivity index (χ2v) is 14.1. The number of carboxylic acids is 1. The van der Waals surface area contributed by atoms with Crippen molar-refractivity contribution in [3.05, 3.63) is 116 Å². The summed E-state index contributed by atoms with van der Waals surface area (Å²) >= 11 is 0. The summed E-state index contributed by atoms with van der Waals surface area (Å²) in [6, 6.07) is 9.85. The number of aryl methyl sites for hydroxylation is 2. The van der Waals surface area contributed by atoms with Gasteiger partial charge < -0.3 is 15.0 Å². The molecule has 0 radical (unpaired) electrons. The molecule has 2 aromatic carbocycles. The molecule has 0 aliphatic heterocycles. The minimum absolute atomic E-state index is 0.105. The van der Waals surface area contributed by atoms with Gasteiger partial charge in [0.05, 0.1) is 16.9 Å². The van der Waals surface area contributed by atoms with Gasteiger partial charge in [-0.25, -0.2) is 27.0 Å². The number of pyridine rings is 1. The van der Waals surface area contributed by atoms with E-state index < -0.39 is 50.6 Å². The number of anilines is 1. The van der Waals surface area contributed by atoms with E-state index in [1.165, 1.54) is 54.2 Å². The van der Waals surface area contributed by atoms with E-state index in [1.54, 1.807) is 6.92 Å². The third-order valence-corrected chi connectivity index (χ3v) is 8.51. The number of nitrogens with one attached hydrogen (secondary N) is 2. The van der Waals surface area contributed by atoms with Crippen molar-refractivity contribution in [2.24, 2.45) is 12.5 Å². The molecular formula is C33H34FN5O8S. The summed E-state index contributed by atoms with van der Waals surface area (Å²) in [6.45, 7) is 7.23. The number of aliphatic carboxylic acids is 1. The van der Waals surface area contributed by atoms with Gasteiger partial charge in [-0.05, 0) is 60.4 Å². The number of benzene rings is 2. The van der Waals surface area contributed by atoms with E-state index >= 15 is 4.39 Å². The van der Waals surface area contributed by atoms with Crippen molar-refractivity contribution in [3.63, 3.8) is 0 Å². The molecule has 0 fully saturated rings. The number of halogens is 1. The Morgan fingerprint density at radius 2 is 1.69 bits per heavy atom. The van der Waals surface area contributed by atoms with E-state index in [1.807, 2.05) is 20.8 Å². The Morgan fingerprint density at radius 3 is 2.25 bits per heavy atom. The lowest BCUT2D eigenvalue weighted by Crippen LogP contribution is -2.42. The number of hydrogen-bond acceptors (Lipinski definition) is 8. The number of hydrogen-bond donors (Lipinski definition) is 3. The lowest BCUT2D eigenvalue weighted by atomic mass is 9.89. The predicted molar refractivity (Wildman–Crippen MR) is 174 cm³/mol. The fourth-order valence-electron chi connectivity index (χ4n) is 4.76. The molecule has 1 atom stereocenters. The van der Waals surface area contributed by atoms with Crippen LogP contribution in [0, 0.1) is 18.2 Å². The monoisotopic (exact) mass is 679 g/mol. The first-order valence-corrected chi connectivity index (χ1v) is 16.1. The second-order valence-electron chi connectivity index (χ2n) is 12.4. The number of aromatic nitrogens is 3. The smallest absolute Gasteiger partial charge is 0.335 e. The third-order valence-electron chi connectivity index (χ3n) is 7.15. The van der Waals surface area contributed by atoms with Crippen molar-refractivity contribution in [3.8, 4) is 5.69 Å². The largest absolute Gasteiger partial charge is 0.480 e. The normalized spacial score (nSPS) is 12.3. The molecule has 0 unspecified atom stereocenters. The molecule has 0 aliphatic rings. The highest BCUT2D eigenvalue weighted by Crippen LogP contribution is 2.23. The van der Waals surface area contributed by atoms with Gasteiger partial charge >= 0.3 is 11.7 Å². The molecule has 13 nitrogen and oxygen atoms in total. The molecule has 252 valence electrons. The van der Waals surface area contributed by atoms with Gasteiger partial charge in [0, 0.05) is 37.8 Å². The van der Waals surface area contributed by atoms with Crippen LogP contribution in [0.2, 0.25) is 0 Å². The van der Waals surface area contributed by atoms with E-state index in [0.29, 0.717) is 11.1 Å². The number of carbonyl (C=O) groups excluding carboxylic acids is 2. The molecule has 3 N–H and O–H groups in total. The Morgan fingerprint density at radius 1 is 1.02 bits per heavy atom. The summed E-state index contributed by atoms with van der Waals surface area (Å²) in [5.41, 5.74) is -0.936. The average Bonchev–Trinajstić information content (AvgIpc) is 2.99. The molecule has 0 spiro atoms. The van der Waals surface area contributed by atoms with Gasteiger partial charge in [0.15, 0.2) is 5.78 Å². The van der Waals surface area contributed by atoms with E-state index in [9.17, 15) is 37.5 Å². The quantitative estimate of drug-likeness (QED) is 0.200. The van der Waals surface area contributed by atoms with Gasteiger partial charge in [0.2, 0.25) is 0 Å². The van der Waals surface area contributed by atoms with Crippen LogP contribution in [0.25, 0.3) is 5.69 Å². The number of amides is 1. The van der Waals surface area contributed by atoms with Crippen LogP contribution in [0.3, 0.4) is 0 Å². The number of carboxylic acid groups (broad SMARTS) is 1. The van der Waals surface area contributed by atoms with Crippen LogP contribution in [0.15, 0.2) is 81.5 Å². The van der Waals surface area contributed by atoms with E-state index in [4.69, 9.17) is 0 Å². The summed E-state index contributed by atoms with van der Waals surface area (Å²) in [5, 5.41) is 12.0. The van der Waals surface area contributed by atoms with Crippen molar-refractivity contribution in [2.75, 3.05) is 4.72 Å². The van der Waals surface area contributed by atoms with Crippen molar-refractivity contribution in [2.45, 2.75) is 51.5 Å². The zero-order valence-corrected chi connectivity index (χ0v) is 27.6. The predicted octanol–water partition coefficient (Wildman–Crippen LogP) is 3.22. The third kappa shape index (κ3) is 8.28. The molecule has 2 heterocycles. The van der Waals surface area contributed by atoms with Crippen LogP contribution in [-0.4, -0.2) is 51.3 Å². The van der Waals surface area contributed by atoms with Crippen molar-refractivity contribution >= 4 is 33.4 Å².